The molecule has 0 aliphatic rings. The van der Waals surface area contributed by atoms with Crippen LogP contribution in [0.1, 0.15) is 52.9 Å². The van der Waals surface area contributed by atoms with Gasteiger partial charge in [0.05, 0.1) is 12.0 Å². The van der Waals surface area contributed by atoms with Crippen LogP contribution in [-0.4, -0.2) is 58.6 Å². The first-order chi connectivity index (χ1) is 13.1. The molecule has 0 fully saturated rings. The molecule has 0 aromatic heterocycles. The Bertz CT molecular complexity index is 525. The Morgan fingerprint density at radius 3 is 1.89 bits per heavy atom. The van der Waals surface area contributed by atoms with Gasteiger partial charge in [-0.25, -0.2) is 0 Å². The van der Waals surface area contributed by atoms with Crippen LogP contribution < -0.4 is 5.32 Å². The summed E-state index contributed by atoms with van der Waals surface area (Å²) in [6.45, 7) is 5.37. The zero-order valence-electron chi connectivity index (χ0n) is 17.7. The number of aliphatic carboxylic acids is 1. The van der Waals surface area contributed by atoms with Crippen molar-refractivity contribution in [1.82, 2.24) is 5.32 Å². The van der Waals surface area contributed by atoms with Crippen molar-refractivity contribution in [2.24, 2.45) is 17.8 Å². The number of Topliss-reactive ketones (excluding diaryl/α,β-unsaturated/α-hetero) is 2. The fraction of sp³-hybridized carbons (Fsp3) is 0.800. The van der Waals surface area contributed by atoms with E-state index in [4.69, 9.17) is 0 Å². The van der Waals surface area contributed by atoms with Gasteiger partial charge in [0.1, 0.15) is 5.78 Å². The van der Waals surface area contributed by atoms with E-state index in [1.807, 2.05) is 26.4 Å². The molecule has 0 aromatic carbocycles. The molecule has 3 atom stereocenters. The predicted molar refractivity (Wildman–Crippen MR) is 117 cm³/mol. The molecular weight excluding hydrogens is 398 g/mol. The number of nitrogens with one attached hydrogen (secondary N) is 1. The van der Waals surface area contributed by atoms with E-state index in [1.165, 1.54) is 6.92 Å². The molecule has 0 aromatic rings. The minimum atomic E-state index is -0.980. The molecule has 0 spiro atoms. The summed E-state index contributed by atoms with van der Waals surface area (Å²) in [5, 5.41) is 12.2. The van der Waals surface area contributed by atoms with Crippen LogP contribution in [0.4, 0.5) is 0 Å². The predicted octanol–water partition coefficient (Wildman–Crippen LogP) is 3.28. The number of carboxylic acids is 1. The average Bonchev–Trinajstić information content (AvgIpc) is 2.60. The molecule has 6 nitrogen and oxygen atoms in total. The van der Waals surface area contributed by atoms with E-state index >= 15 is 0 Å². The fourth-order valence-corrected chi connectivity index (χ4v) is 3.96. The van der Waals surface area contributed by atoms with E-state index in [9.17, 15) is 24.3 Å². The molecular formula is C20H35NO5S2. The van der Waals surface area contributed by atoms with Crippen molar-refractivity contribution < 1.29 is 24.3 Å². The van der Waals surface area contributed by atoms with Crippen molar-refractivity contribution in [3.8, 4) is 0 Å². The minimum Gasteiger partial charge on any atom is -0.481 e. The standard InChI is InChI=1S/C20H35NO5S2/c1-13(2)10-17(18(23)12-16(20(25)26)7-9-28-5)21-19(24)15(6-8-27-4)11-14(3)22/h13,15-17H,6-12H2,1-5H3,(H,21,24)(H,25,26). The number of carbonyl (C=O) groups excluding carboxylic acids is 3. The molecule has 2 N–H and O–H groups in total. The van der Waals surface area contributed by atoms with E-state index in [0.717, 1.165) is 5.75 Å². The van der Waals surface area contributed by atoms with Gasteiger partial charge in [0.15, 0.2) is 5.78 Å². The number of hydrogen-bond donors (Lipinski definition) is 2. The van der Waals surface area contributed by atoms with Gasteiger partial charge in [-0.05, 0) is 56.1 Å². The molecule has 0 radical (unpaired) electrons. The number of carboxylic acid groups (broad SMARTS) is 1. The van der Waals surface area contributed by atoms with Gasteiger partial charge in [-0.3, -0.25) is 14.4 Å². The maximum absolute atomic E-state index is 12.8. The molecule has 0 rings (SSSR count). The van der Waals surface area contributed by atoms with Crippen LogP contribution in [0.25, 0.3) is 0 Å². The molecule has 28 heavy (non-hydrogen) atoms. The highest BCUT2D eigenvalue weighted by molar-refractivity contribution is 7.98. The number of hydrogen-bond acceptors (Lipinski definition) is 6. The number of rotatable bonds is 16. The number of carbonyl (C=O) groups is 4. The van der Waals surface area contributed by atoms with E-state index in [1.54, 1.807) is 23.5 Å². The molecule has 162 valence electrons. The number of amides is 1. The highest BCUT2D eigenvalue weighted by Gasteiger charge is 2.30. The lowest BCUT2D eigenvalue weighted by atomic mass is 9.91. The van der Waals surface area contributed by atoms with Gasteiger partial charge in [-0.2, -0.15) is 23.5 Å². The molecule has 0 aliphatic carbocycles. The van der Waals surface area contributed by atoms with E-state index < -0.39 is 23.8 Å². The van der Waals surface area contributed by atoms with Crippen LogP contribution in [0.2, 0.25) is 0 Å². The third-order valence-electron chi connectivity index (χ3n) is 4.45. The summed E-state index contributed by atoms with van der Waals surface area (Å²) < 4.78 is 0. The average molecular weight is 434 g/mol. The maximum Gasteiger partial charge on any atom is 0.306 e. The molecule has 8 heteroatoms. The topological polar surface area (TPSA) is 101 Å². The Morgan fingerprint density at radius 1 is 0.929 bits per heavy atom. The van der Waals surface area contributed by atoms with E-state index in [-0.39, 0.29) is 36.2 Å². The van der Waals surface area contributed by atoms with Crippen LogP contribution in [0.15, 0.2) is 0 Å². The summed E-state index contributed by atoms with van der Waals surface area (Å²) in [5.74, 6) is -1.19. The lowest BCUT2D eigenvalue weighted by Gasteiger charge is -2.24. The first kappa shape index (κ1) is 27.0. The summed E-state index contributed by atoms with van der Waals surface area (Å²) >= 11 is 3.15. The van der Waals surface area contributed by atoms with Gasteiger partial charge in [0, 0.05) is 18.8 Å². The van der Waals surface area contributed by atoms with Crippen molar-refractivity contribution in [2.45, 2.75) is 58.9 Å². The van der Waals surface area contributed by atoms with Crippen molar-refractivity contribution >= 4 is 47.0 Å². The molecule has 3 unspecified atom stereocenters. The zero-order chi connectivity index (χ0) is 21.7. The van der Waals surface area contributed by atoms with Crippen LogP contribution in [0, 0.1) is 17.8 Å². The third kappa shape index (κ3) is 11.7. The molecule has 0 saturated heterocycles. The van der Waals surface area contributed by atoms with Crippen LogP contribution in [0.3, 0.4) is 0 Å². The van der Waals surface area contributed by atoms with Crippen LogP contribution in [-0.2, 0) is 19.2 Å². The van der Waals surface area contributed by atoms with Crippen molar-refractivity contribution in [2.75, 3.05) is 24.0 Å². The highest BCUT2D eigenvalue weighted by atomic mass is 32.2. The molecule has 0 bridgehead atoms. The summed E-state index contributed by atoms with van der Waals surface area (Å²) in [7, 11) is 0. The number of thioether (sulfide) groups is 2. The summed E-state index contributed by atoms with van der Waals surface area (Å²) in [4.78, 5) is 48.5. The molecule has 0 heterocycles. The minimum absolute atomic E-state index is 0.0593. The Hall–Kier alpha value is -1.02. The van der Waals surface area contributed by atoms with Gasteiger partial charge in [0.25, 0.3) is 0 Å². The quantitative estimate of drug-likeness (QED) is 0.385. The van der Waals surface area contributed by atoms with Gasteiger partial charge < -0.3 is 15.2 Å². The molecule has 0 saturated carbocycles. The number of ketones is 2. The Balaban J connectivity index is 5.20. The highest BCUT2D eigenvalue weighted by Crippen LogP contribution is 2.18. The lowest BCUT2D eigenvalue weighted by molar-refractivity contribution is -0.144. The van der Waals surface area contributed by atoms with Gasteiger partial charge in [-0.1, -0.05) is 13.8 Å². The SMILES string of the molecule is CSCCC(CC(=O)C(CC(C)C)NC(=O)C(CCSC)CC(C)=O)C(=O)O. The summed E-state index contributed by atoms with van der Waals surface area (Å²) in [6, 6.07) is -0.715. The van der Waals surface area contributed by atoms with Gasteiger partial charge in [-0.15, -0.1) is 0 Å². The molecule has 1 amide bonds. The fourth-order valence-electron chi connectivity index (χ4n) is 2.92. The van der Waals surface area contributed by atoms with Crippen LogP contribution in [0.5, 0.6) is 0 Å². The second-order valence-electron chi connectivity index (χ2n) is 7.56. The maximum atomic E-state index is 12.8. The van der Waals surface area contributed by atoms with Crippen LogP contribution >= 0.6 is 23.5 Å². The molecule has 0 aliphatic heterocycles. The largest absolute Gasteiger partial charge is 0.481 e. The van der Waals surface area contributed by atoms with Crippen molar-refractivity contribution in [3.63, 3.8) is 0 Å². The first-order valence-electron chi connectivity index (χ1n) is 9.65. The second kappa shape index (κ2) is 14.9. The zero-order valence-corrected chi connectivity index (χ0v) is 19.3. The third-order valence-corrected chi connectivity index (χ3v) is 5.74. The first-order valence-corrected chi connectivity index (χ1v) is 12.4. The Labute approximate surface area is 177 Å². The summed E-state index contributed by atoms with van der Waals surface area (Å²) in [6.07, 6.45) is 5.34. The van der Waals surface area contributed by atoms with E-state index in [2.05, 4.69) is 5.32 Å². The van der Waals surface area contributed by atoms with E-state index in [0.29, 0.717) is 25.0 Å². The monoisotopic (exact) mass is 433 g/mol. The van der Waals surface area contributed by atoms with Crippen molar-refractivity contribution in [3.05, 3.63) is 0 Å². The smallest absolute Gasteiger partial charge is 0.306 e. The Kier molecular flexibility index (Phi) is 14.4. The van der Waals surface area contributed by atoms with Gasteiger partial charge in [0.2, 0.25) is 5.91 Å². The lowest BCUT2D eigenvalue weighted by Crippen LogP contribution is -2.45. The second-order valence-corrected chi connectivity index (χ2v) is 9.53. The normalized spacial score (nSPS) is 14.4. The summed E-state index contributed by atoms with van der Waals surface area (Å²) in [5.41, 5.74) is 0. The van der Waals surface area contributed by atoms with Gasteiger partial charge >= 0.3 is 5.97 Å². The van der Waals surface area contributed by atoms with Crippen molar-refractivity contribution in [1.29, 1.82) is 0 Å². The Morgan fingerprint density at radius 2 is 1.46 bits per heavy atom.